The van der Waals surface area contributed by atoms with Crippen LogP contribution in [0.3, 0.4) is 0 Å². The summed E-state index contributed by atoms with van der Waals surface area (Å²) in [5.41, 5.74) is 3.95. The van der Waals surface area contributed by atoms with Crippen molar-refractivity contribution in [3.63, 3.8) is 0 Å². The van der Waals surface area contributed by atoms with E-state index in [-0.39, 0.29) is 17.1 Å². The van der Waals surface area contributed by atoms with Gasteiger partial charge in [0, 0.05) is 56.1 Å². The fourth-order valence-corrected chi connectivity index (χ4v) is 4.88. The van der Waals surface area contributed by atoms with E-state index in [1.165, 1.54) is 18.7 Å². The number of amides is 2. The van der Waals surface area contributed by atoms with Crippen molar-refractivity contribution in [2.24, 2.45) is 5.73 Å². The van der Waals surface area contributed by atoms with Crippen molar-refractivity contribution in [3.05, 3.63) is 47.2 Å². The first-order chi connectivity index (χ1) is 17.1. The second kappa shape index (κ2) is 10.3. The molecule has 1 fully saturated rings. The van der Waals surface area contributed by atoms with Crippen LogP contribution in [0.1, 0.15) is 11.4 Å². The normalized spacial score (nSPS) is 21.4. The van der Waals surface area contributed by atoms with Gasteiger partial charge in [-0.25, -0.2) is 9.97 Å². The standard InChI is InChI=1S/C21H23F3N8O3S/c1-31-4-6-32(7-5-31)11-16(33)28-20(19-30-29-18(36-19)14-9-26-12-27-10-14)8-13(17(25)34)2-3-15(20)35-21(22,23)24/h2-3,9-10,12H,4-8,11H2,1H3,(H2,25,34)(H,28,33). The minimum absolute atomic E-state index is 0.00998. The Morgan fingerprint density at radius 3 is 2.50 bits per heavy atom. The fraction of sp³-hybridized carbons (Fsp3) is 0.429. The number of carbonyl (C=O) groups excluding carboxylic acids is 2. The van der Waals surface area contributed by atoms with Gasteiger partial charge in [0.15, 0.2) is 15.6 Å². The molecular weight excluding hydrogens is 501 g/mol. The number of carbonyl (C=O) groups is 2. The quantitative estimate of drug-likeness (QED) is 0.538. The predicted molar refractivity (Wildman–Crippen MR) is 122 cm³/mol. The molecule has 2 amide bonds. The summed E-state index contributed by atoms with van der Waals surface area (Å²) in [5.74, 6) is -2.07. The highest BCUT2D eigenvalue weighted by Crippen LogP contribution is 2.44. The molecule has 4 rings (SSSR count). The van der Waals surface area contributed by atoms with Crippen molar-refractivity contribution < 1.29 is 27.5 Å². The summed E-state index contributed by atoms with van der Waals surface area (Å²) in [6, 6.07) is 0. The van der Waals surface area contributed by atoms with Crippen LogP contribution in [-0.4, -0.2) is 87.9 Å². The number of allylic oxidation sites excluding steroid dienone is 2. The number of halogens is 3. The van der Waals surface area contributed by atoms with E-state index in [0.717, 1.165) is 36.6 Å². The van der Waals surface area contributed by atoms with E-state index in [0.29, 0.717) is 23.7 Å². The molecule has 1 atom stereocenters. The van der Waals surface area contributed by atoms with Crippen LogP contribution in [0.25, 0.3) is 10.6 Å². The Hall–Kier alpha value is -3.43. The Kier molecular flexibility index (Phi) is 7.33. The van der Waals surface area contributed by atoms with Gasteiger partial charge in [-0.15, -0.1) is 23.4 Å². The SMILES string of the molecule is CN1CCN(CC(=O)NC2(c3nnc(-c4cncnc4)s3)CC(C(N)=O)=CC=C2OC(F)(F)F)CC1. The average Bonchev–Trinajstić information content (AvgIpc) is 3.32. The number of rotatable bonds is 7. The molecule has 1 saturated heterocycles. The Labute approximate surface area is 207 Å². The minimum atomic E-state index is -5.07. The van der Waals surface area contributed by atoms with Gasteiger partial charge in [0.25, 0.3) is 0 Å². The van der Waals surface area contributed by atoms with Gasteiger partial charge >= 0.3 is 6.36 Å². The summed E-state index contributed by atoms with van der Waals surface area (Å²) in [7, 11) is 1.96. The van der Waals surface area contributed by atoms with Crippen LogP contribution >= 0.6 is 11.3 Å². The Bertz CT molecular complexity index is 1180. The summed E-state index contributed by atoms with van der Waals surface area (Å²) in [4.78, 5) is 37.0. The highest BCUT2D eigenvalue weighted by molar-refractivity contribution is 7.14. The van der Waals surface area contributed by atoms with Gasteiger partial charge in [-0.3, -0.25) is 14.5 Å². The Balaban J connectivity index is 1.73. The molecule has 0 radical (unpaired) electrons. The molecule has 1 aliphatic heterocycles. The molecule has 0 spiro atoms. The maximum Gasteiger partial charge on any atom is 0.572 e. The number of piperazine rings is 1. The molecule has 0 aromatic carbocycles. The van der Waals surface area contributed by atoms with E-state index in [1.807, 2.05) is 11.9 Å². The summed E-state index contributed by atoms with van der Waals surface area (Å²) >= 11 is 0.918. The van der Waals surface area contributed by atoms with E-state index in [4.69, 9.17) is 5.73 Å². The van der Waals surface area contributed by atoms with E-state index in [9.17, 15) is 22.8 Å². The minimum Gasteiger partial charge on any atom is -0.407 e. The third-order valence-electron chi connectivity index (χ3n) is 5.77. The van der Waals surface area contributed by atoms with Gasteiger partial charge in [-0.1, -0.05) is 17.4 Å². The largest absolute Gasteiger partial charge is 0.572 e. The zero-order valence-corrected chi connectivity index (χ0v) is 20.0. The third-order valence-corrected chi connectivity index (χ3v) is 6.90. The van der Waals surface area contributed by atoms with Gasteiger partial charge in [-0.2, -0.15) is 0 Å². The van der Waals surface area contributed by atoms with Gasteiger partial charge in [0.2, 0.25) is 11.8 Å². The maximum atomic E-state index is 13.4. The number of primary amides is 1. The number of nitrogens with zero attached hydrogens (tertiary/aromatic N) is 6. The second-order valence-corrected chi connectivity index (χ2v) is 9.36. The number of hydrogen-bond acceptors (Lipinski definition) is 10. The van der Waals surface area contributed by atoms with Crippen molar-refractivity contribution >= 4 is 23.2 Å². The molecule has 1 unspecified atom stereocenters. The number of likely N-dealkylation sites (N-methyl/N-ethyl adjacent to an activating group) is 1. The van der Waals surface area contributed by atoms with E-state index in [1.54, 1.807) is 0 Å². The fourth-order valence-electron chi connectivity index (χ4n) is 3.91. The van der Waals surface area contributed by atoms with Crippen molar-refractivity contribution in [1.82, 2.24) is 35.3 Å². The molecule has 192 valence electrons. The molecule has 36 heavy (non-hydrogen) atoms. The molecule has 0 saturated carbocycles. The molecule has 15 heteroatoms. The first kappa shape index (κ1) is 25.7. The van der Waals surface area contributed by atoms with Crippen molar-refractivity contribution in [2.75, 3.05) is 39.8 Å². The van der Waals surface area contributed by atoms with E-state index >= 15 is 0 Å². The average molecular weight is 525 g/mol. The molecule has 2 aliphatic rings. The first-order valence-electron chi connectivity index (χ1n) is 10.8. The molecule has 2 aromatic heterocycles. The molecule has 3 N–H and O–H groups in total. The van der Waals surface area contributed by atoms with Gasteiger partial charge in [0.05, 0.1) is 6.54 Å². The number of nitrogens with two attached hydrogens (primary N) is 1. The molecule has 1 aliphatic carbocycles. The lowest BCUT2D eigenvalue weighted by Gasteiger charge is -2.38. The molecule has 11 nitrogen and oxygen atoms in total. The summed E-state index contributed by atoms with van der Waals surface area (Å²) in [6.07, 6.45) is 0.884. The summed E-state index contributed by atoms with van der Waals surface area (Å²) in [5, 5.41) is 11.1. The van der Waals surface area contributed by atoms with Crippen LogP contribution in [0.5, 0.6) is 0 Å². The molecular formula is C21H23F3N8O3S. The number of nitrogens with one attached hydrogen (secondary N) is 1. The number of hydrogen-bond donors (Lipinski definition) is 2. The van der Waals surface area contributed by atoms with Crippen LogP contribution in [0.4, 0.5) is 13.2 Å². The van der Waals surface area contributed by atoms with Crippen molar-refractivity contribution in [1.29, 1.82) is 0 Å². The Morgan fingerprint density at radius 1 is 1.17 bits per heavy atom. The van der Waals surface area contributed by atoms with E-state index < -0.39 is 35.9 Å². The topological polar surface area (TPSA) is 139 Å². The lowest BCUT2D eigenvalue weighted by molar-refractivity contribution is -0.310. The predicted octanol–water partition coefficient (Wildman–Crippen LogP) is 0.790. The van der Waals surface area contributed by atoms with Gasteiger partial charge < -0.3 is 20.7 Å². The van der Waals surface area contributed by atoms with Crippen LogP contribution in [-0.2, 0) is 19.9 Å². The maximum absolute atomic E-state index is 13.4. The smallest absolute Gasteiger partial charge is 0.407 e. The lowest BCUT2D eigenvalue weighted by atomic mass is 9.84. The van der Waals surface area contributed by atoms with Crippen molar-refractivity contribution in [2.45, 2.75) is 18.3 Å². The lowest BCUT2D eigenvalue weighted by Crippen LogP contribution is -2.54. The Morgan fingerprint density at radius 2 is 1.86 bits per heavy atom. The summed E-state index contributed by atoms with van der Waals surface area (Å²) in [6.45, 7) is 2.65. The molecule has 3 heterocycles. The number of aromatic nitrogens is 4. The number of ether oxygens (including phenoxy) is 1. The van der Waals surface area contributed by atoms with Crippen LogP contribution < -0.4 is 11.1 Å². The van der Waals surface area contributed by atoms with Crippen LogP contribution in [0.15, 0.2) is 42.2 Å². The number of alkyl halides is 3. The zero-order valence-electron chi connectivity index (χ0n) is 19.2. The highest BCUT2D eigenvalue weighted by Gasteiger charge is 2.49. The van der Waals surface area contributed by atoms with Crippen molar-refractivity contribution in [3.8, 4) is 10.6 Å². The molecule has 2 aromatic rings. The van der Waals surface area contributed by atoms with Gasteiger partial charge in [-0.05, 0) is 13.1 Å². The second-order valence-electron chi connectivity index (χ2n) is 8.38. The van der Waals surface area contributed by atoms with Gasteiger partial charge in [0.1, 0.15) is 12.1 Å². The third kappa shape index (κ3) is 5.85. The molecule has 0 bridgehead atoms. The summed E-state index contributed by atoms with van der Waals surface area (Å²) < 4.78 is 44.6. The van der Waals surface area contributed by atoms with Crippen LogP contribution in [0, 0.1) is 0 Å². The van der Waals surface area contributed by atoms with Crippen LogP contribution in [0.2, 0.25) is 0 Å². The zero-order chi connectivity index (χ0) is 25.9. The highest BCUT2D eigenvalue weighted by atomic mass is 32.1. The van der Waals surface area contributed by atoms with E-state index in [2.05, 4.69) is 35.1 Å². The monoisotopic (exact) mass is 524 g/mol. The first-order valence-corrected chi connectivity index (χ1v) is 11.7.